The van der Waals surface area contributed by atoms with Crippen molar-refractivity contribution in [3.63, 3.8) is 0 Å². The number of amides is 4. The standard InChI is InChI=1S/C20H21N5O4/c26-18(21-10-9-17-22-14-5-1-2-6-15(14)23-17)8-7-16-19(27)25(20(28)24-16)12-13-4-3-11-29-13/h1-6,11,16H,7-10,12H2,(H,21,26)(H,22,23)(H,24,28)/t16-/m0/s1. The number of nitrogens with zero attached hydrogens (tertiary/aromatic N) is 2. The molecule has 1 fully saturated rings. The lowest BCUT2D eigenvalue weighted by molar-refractivity contribution is -0.128. The van der Waals surface area contributed by atoms with Gasteiger partial charge < -0.3 is 20.0 Å². The average molecular weight is 395 g/mol. The number of urea groups is 1. The number of para-hydroxylation sites is 2. The molecule has 150 valence electrons. The van der Waals surface area contributed by atoms with E-state index in [1.807, 2.05) is 24.3 Å². The molecule has 1 aliphatic rings. The van der Waals surface area contributed by atoms with E-state index in [0.717, 1.165) is 21.8 Å². The maximum atomic E-state index is 12.4. The normalized spacial score (nSPS) is 16.4. The largest absolute Gasteiger partial charge is 0.467 e. The molecule has 29 heavy (non-hydrogen) atoms. The van der Waals surface area contributed by atoms with E-state index in [0.29, 0.717) is 18.7 Å². The van der Waals surface area contributed by atoms with Crippen molar-refractivity contribution in [2.45, 2.75) is 31.8 Å². The van der Waals surface area contributed by atoms with Crippen LogP contribution in [0.3, 0.4) is 0 Å². The summed E-state index contributed by atoms with van der Waals surface area (Å²) in [5.74, 6) is 0.810. The van der Waals surface area contributed by atoms with Crippen LogP contribution >= 0.6 is 0 Å². The molecule has 0 aliphatic carbocycles. The van der Waals surface area contributed by atoms with Crippen molar-refractivity contribution >= 4 is 28.9 Å². The highest BCUT2D eigenvalue weighted by molar-refractivity contribution is 6.04. The van der Waals surface area contributed by atoms with Crippen LogP contribution in [0, 0.1) is 0 Å². The number of H-pyrrole nitrogens is 1. The van der Waals surface area contributed by atoms with Gasteiger partial charge in [-0.05, 0) is 30.7 Å². The lowest BCUT2D eigenvalue weighted by atomic mass is 10.1. The molecule has 1 aliphatic heterocycles. The number of carbonyl (C=O) groups is 3. The second kappa shape index (κ2) is 8.17. The van der Waals surface area contributed by atoms with Gasteiger partial charge in [0.25, 0.3) is 5.91 Å². The summed E-state index contributed by atoms with van der Waals surface area (Å²) >= 11 is 0. The third kappa shape index (κ3) is 4.29. The number of hydrogen-bond acceptors (Lipinski definition) is 5. The number of nitrogens with one attached hydrogen (secondary N) is 3. The Morgan fingerprint density at radius 3 is 2.86 bits per heavy atom. The molecule has 0 bridgehead atoms. The van der Waals surface area contributed by atoms with E-state index in [2.05, 4.69) is 20.6 Å². The molecule has 0 spiro atoms. The molecule has 9 nitrogen and oxygen atoms in total. The van der Waals surface area contributed by atoms with Gasteiger partial charge >= 0.3 is 6.03 Å². The van der Waals surface area contributed by atoms with Crippen molar-refractivity contribution in [2.75, 3.05) is 6.54 Å². The molecule has 9 heteroatoms. The molecular weight excluding hydrogens is 374 g/mol. The molecule has 3 heterocycles. The van der Waals surface area contributed by atoms with Crippen molar-refractivity contribution in [3.05, 3.63) is 54.2 Å². The monoisotopic (exact) mass is 395 g/mol. The highest BCUT2D eigenvalue weighted by Crippen LogP contribution is 2.15. The highest BCUT2D eigenvalue weighted by Gasteiger charge is 2.38. The van der Waals surface area contributed by atoms with Gasteiger partial charge in [0.15, 0.2) is 0 Å². The van der Waals surface area contributed by atoms with Gasteiger partial charge in [-0.15, -0.1) is 0 Å². The second-order valence-corrected chi connectivity index (χ2v) is 6.85. The van der Waals surface area contributed by atoms with E-state index in [9.17, 15) is 14.4 Å². The first-order valence-corrected chi connectivity index (χ1v) is 9.45. The predicted octanol–water partition coefficient (Wildman–Crippen LogP) is 1.72. The van der Waals surface area contributed by atoms with Gasteiger partial charge in [0.2, 0.25) is 5.91 Å². The number of imidazole rings is 1. The Morgan fingerprint density at radius 1 is 1.21 bits per heavy atom. The summed E-state index contributed by atoms with van der Waals surface area (Å²) in [7, 11) is 0. The molecule has 3 N–H and O–H groups in total. The zero-order valence-electron chi connectivity index (χ0n) is 15.7. The zero-order valence-corrected chi connectivity index (χ0v) is 15.7. The maximum absolute atomic E-state index is 12.4. The van der Waals surface area contributed by atoms with Gasteiger partial charge in [-0.1, -0.05) is 12.1 Å². The number of aromatic amines is 1. The van der Waals surface area contributed by atoms with Crippen LogP contribution in [-0.2, 0) is 22.6 Å². The number of carbonyl (C=O) groups excluding carboxylic acids is 3. The number of fused-ring (bicyclic) bond motifs is 1. The zero-order chi connectivity index (χ0) is 20.2. The van der Waals surface area contributed by atoms with Gasteiger partial charge in [0, 0.05) is 19.4 Å². The van der Waals surface area contributed by atoms with Crippen LogP contribution in [0.1, 0.15) is 24.4 Å². The fourth-order valence-corrected chi connectivity index (χ4v) is 3.29. The lowest BCUT2D eigenvalue weighted by Gasteiger charge is -2.11. The van der Waals surface area contributed by atoms with Crippen molar-refractivity contribution < 1.29 is 18.8 Å². The first-order valence-electron chi connectivity index (χ1n) is 9.45. The molecule has 3 aromatic rings. The second-order valence-electron chi connectivity index (χ2n) is 6.85. The predicted molar refractivity (Wildman–Crippen MR) is 104 cm³/mol. The summed E-state index contributed by atoms with van der Waals surface area (Å²) in [5.41, 5.74) is 1.85. The topological polar surface area (TPSA) is 120 Å². The first kappa shape index (κ1) is 18.7. The molecule has 4 rings (SSSR count). The van der Waals surface area contributed by atoms with Crippen LogP contribution in [0.2, 0.25) is 0 Å². The minimum Gasteiger partial charge on any atom is -0.467 e. The SMILES string of the molecule is O=C(CC[C@@H]1NC(=O)N(Cc2ccco2)C1=O)NCCc1nc2ccccc2[nH]1. The molecule has 2 aromatic heterocycles. The molecule has 1 saturated heterocycles. The van der Waals surface area contributed by atoms with E-state index in [-0.39, 0.29) is 31.2 Å². The van der Waals surface area contributed by atoms with E-state index in [4.69, 9.17) is 4.42 Å². The van der Waals surface area contributed by atoms with Crippen LogP contribution in [0.5, 0.6) is 0 Å². The van der Waals surface area contributed by atoms with E-state index < -0.39 is 12.1 Å². The number of furan rings is 1. The van der Waals surface area contributed by atoms with Crippen molar-refractivity contribution in [3.8, 4) is 0 Å². The van der Waals surface area contributed by atoms with Crippen molar-refractivity contribution in [1.82, 2.24) is 25.5 Å². The van der Waals surface area contributed by atoms with Gasteiger partial charge in [-0.3, -0.25) is 14.5 Å². The maximum Gasteiger partial charge on any atom is 0.325 e. The summed E-state index contributed by atoms with van der Waals surface area (Å²) in [6.07, 6.45) is 2.46. The molecule has 0 radical (unpaired) electrons. The van der Waals surface area contributed by atoms with E-state index >= 15 is 0 Å². The minimum atomic E-state index is -0.696. The minimum absolute atomic E-state index is 0.0812. The Kier molecular flexibility index (Phi) is 5.28. The van der Waals surface area contributed by atoms with Crippen molar-refractivity contribution in [1.29, 1.82) is 0 Å². The molecular formula is C20H21N5O4. The number of hydrogen-bond donors (Lipinski definition) is 3. The quantitative estimate of drug-likeness (QED) is 0.502. The summed E-state index contributed by atoms with van der Waals surface area (Å²) in [6, 6.07) is 9.96. The van der Waals surface area contributed by atoms with Crippen LogP contribution in [0.25, 0.3) is 11.0 Å². The number of aromatic nitrogens is 2. The Balaban J connectivity index is 1.21. The fraction of sp³-hybridized carbons (Fsp3) is 0.300. The van der Waals surface area contributed by atoms with Gasteiger partial charge in [-0.25, -0.2) is 9.78 Å². The Morgan fingerprint density at radius 2 is 2.07 bits per heavy atom. The first-order chi connectivity index (χ1) is 14.1. The highest BCUT2D eigenvalue weighted by atomic mass is 16.3. The van der Waals surface area contributed by atoms with Crippen molar-refractivity contribution in [2.24, 2.45) is 0 Å². The van der Waals surface area contributed by atoms with Crippen LogP contribution in [0.15, 0.2) is 47.1 Å². The third-order valence-corrected chi connectivity index (χ3v) is 4.78. The Hall–Kier alpha value is -3.62. The summed E-state index contributed by atoms with van der Waals surface area (Å²) in [6.45, 7) is 0.520. The van der Waals surface area contributed by atoms with Gasteiger partial charge in [-0.2, -0.15) is 0 Å². The van der Waals surface area contributed by atoms with Crippen LogP contribution in [0.4, 0.5) is 4.79 Å². The molecule has 0 saturated carbocycles. The number of imide groups is 1. The molecule has 1 atom stereocenters. The van der Waals surface area contributed by atoms with Gasteiger partial charge in [0.1, 0.15) is 17.6 Å². The summed E-state index contributed by atoms with van der Waals surface area (Å²) in [5, 5.41) is 5.44. The van der Waals surface area contributed by atoms with Gasteiger partial charge in [0.05, 0.1) is 23.8 Å². The fourth-order valence-electron chi connectivity index (χ4n) is 3.29. The smallest absolute Gasteiger partial charge is 0.325 e. The molecule has 1 aromatic carbocycles. The van der Waals surface area contributed by atoms with E-state index in [1.165, 1.54) is 6.26 Å². The average Bonchev–Trinajstić information content (AvgIpc) is 3.42. The Labute approximate surface area is 166 Å². The molecule has 0 unspecified atom stereocenters. The summed E-state index contributed by atoms with van der Waals surface area (Å²) < 4.78 is 5.18. The van der Waals surface area contributed by atoms with Crippen LogP contribution < -0.4 is 10.6 Å². The number of benzene rings is 1. The summed E-state index contributed by atoms with van der Waals surface area (Å²) in [4.78, 5) is 45.3. The number of rotatable bonds is 8. The van der Waals surface area contributed by atoms with Crippen LogP contribution in [-0.4, -0.2) is 45.3 Å². The van der Waals surface area contributed by atoms with E-state index in [1.54, 1.807) is 12.1 Å². The molecule has 4 amide bonds. The Bertz CT molecular complexity index is 994. The third-order valence-electron chi connectivity index (χ3n) is 4.78. The lowest BCUT2D eigenvalue weighted by Crippen LogP contribution is -2.33.